The van der Waals surface area contributed by atoms with E-state index in [9.17, 15) is 5.11 Å². The van der Waals surface area contributed by atoms with Crippen LogP contribution in [0.15, 0.2) is 66.7 Å². The Bertz CT molecular complexity index is 1320. The number of hydrogen-bond acceptors (Lipinski definition) is 5. The first-order valence-electron chi connectivity index (χ1n) is 11.7. The summed E-state index contributed by atoms with van der Waals surface area (Å²) in [4.78, 5) is 3.20. The number of phenolic OH excluding ortho intramolecular Hbond substituents is 1. The predicted octanol–water partition coefficient (Wildman–Crippen LogP) is 7.36. The third-order valence-corrected chi connectivity index (χ3v) is 7.67. The molecule has 0 unspecified atom stereocenters. The lowest BCUT2D eigenvalue weighted by atomic mass is 9.96. The standard InChI is InChI=1S/C28H26ClFN2O2S/c1-2-18-16-32(17-18)13-14-34-25-12-9-20(15-24(25)30)26-27(22-5-3-4-6-23(22)29)31-35-28(26)19-7-10-21(33)11-8-19/h3-12,15,18,33H,2,13-14,16-17H2,1H3. The van der Waals surface area contributed by atoms with E-state index in [1.807, 2.05) is 42.5 Å². The van der Waals surface area contributed by atoms with Crippen LogP contribution < -0.4 is 4.74 Å². The third-order valence-electron chi connectivity index (χ3n) is 6.45. The molecule has 7 heteroatoms. The van der Waals surface area contributed by atoms with Gasteiger partial charge in [0.2, 0.25) is 0 Å². The summed E-state index contributed by atoms with van der Waals surface area (Å²) in [6.07, 6.45) is 1.20. The fourth-order valence-corrected chi connectivity index (χ4v) is 5.53. The molecule has 1 aromatic heterocycles. The smallest absolute Gasteiger partial charge is 0.165 e. The van der Waals surface area contributed by atoms with Crippen molar-refractivity contribution in [2.45, 2.75) is 13.3 Å². The second-order valence-corrected chi connectivity index (χ2v) is 9.97. The van der Waals surface area contributed by atoms with Crippen molar-refractivity contribution in [3.05, 3.63) is 77.6 Å². The number of ether oxygens (including phenoxy) is 1. The SMILES string of the molecule is CCC1CN(CCOc2ccc(-c3c(-c4ccccc4Cl)nsc3-c3ccc(O)cc3)cc2F)C1. The minimum absolute atomic E-state index is 0.183. The van der Waals surface area contributed by atoms with Gasteiger partial charge in [-0.25, -0.2) is 4.39 Å². The first-order valence-corrected chi connectivity index (χ1v) is 12.9. The zero-order valence-electron chi connectivity index (χ0n) is 19.4. The van der Waals surface area contributed by atoms with Gasteiger partial charge in [-0.3, -0.25) is 4.90 Å². The Labute approximate surface area is 213 Å². The maximum absolute atomic E-state index is 15.2. The highest BCUT2D eigenvalue weighted by atomic mass is 35.5. The fourth-order valence-electron chi connectivity index (χ4n) is 4.38. The van der Waals surface area contributed by atoms with Crippen LogP contribution in [-0.2, 0) is 0 Å². The average Bonchev–Trinajstić information content (AvgIpc) is 3.27. The van der Waals surface area contributed by atoms with Gasteiger partial charge in [-0.1, -0.05) is 49.2 Å². The summed E-state index contributed by atoms with van der Waals surface area (Å²) in [7, 11) is 0. The summed E-state index contributed by atoms with van der Waals surface area (Å²) >= 11 is 7.82. The van der Waals surface area contributed by atoms with Crippen molar-refractivity contribution in [2.75, 3.05) is 26.2 Å². The van der Waals surface area contributed by atoms with Crippen molar-refractivity contribution in [3.63, 3.8) is 0 Å². The minimum Gasteiger partial charge on any atom is -0.508 e. The summed E-state index contributed by atoms with van der Waals surface area (Å²) in [5.41, 5.74) is 3.85. The van der Waals surface area contributed by atoms with Gasteiger partial charge < -0.3 is 9.84 Å². The van der Waals surface area contributed by atoms with Crippen LogP contribution >= 0.6 is 23.1 Å². The monoisotopic (exact) mass is 508 g/mol. The first kappa shape index (κ1) is 23.8. The molecule has 1 aliphatic heterocycles. The van der Waals surface area contributed by atoms with Crippen LogP contribution in [0.25, 0.3) is 32.8 Å². The Morgan fingerprint density at radius 2 is 1.83 bits per heavy atom. The first-order chi connectivity index (χ1) is 17.0. The number of aromatic nitrogens is 1. The number of likely N-dealkylation sites (tertiary alicyclic amines) is 1. The van der Waals surface area contributed by atoms with E-state index in [0.29, 0.717) is 22.9 Å². The molecule has 0 bridgehead atoms. The van der Waals surface area contributed by atoms with Gasteiger partial charge in [-0.15, -0.1) is 0 Å². The molecule has 0 atom stereocenters. The van der Waals surface area contributed by atoms with Crippen molar-refractivity contribution < 1.29 is 14.2 Å². The lowest BCUT2D eigenvalue weighted by Crippen LogP contribution is -2.47. The maximum Gasteiger partial charge on any atom is 0.165 e. The van der Waals surface area contributed by atoms with Crippen molar-refractivity contribution >= 4 is 23.1 Å². The van der Waals surface area contributed by atoms with Crippen LogP contribution in [0.1, 0.15) is 13.3 Å². The Hall–Kier alpha value is -2.93. The Balaban J connectivity index is 1.46. The number of hydrogen-bond donors (Lipinski definition) is 1. The quantitative estimate of drug-likeness (QED) is 0.270. The summed E-state index contributed by atoms with van der Waals surface area (Å²) in [5, 5.41) is 10.3. The molecule has 2 heterocycles. The van der Waals surface area contributed by atoms with Crippen LogP contribution in [0.3, 0.4) is 0 Å². The normalized spacial score (nSPS) is 14.1. The summed E-state index contributed by atoms with van der Waals surface area (Å²) in [5.74, 6) is 0.794. The molecular formula is C28H26ClFN2O2S. The highest BCUT2D eigenvalue weighted by Crippen LogP contribution is 2.45. The number of rotatable bonds is 8. The number of halogens is 2. The second-order valence-electron chi connectivity index (χ2n) is 8.79. The Morgan fingerprint density at radius 3 is 2.54 bits per heavy atom. The molecular weight excluding hydrogens is 483 g/mol. The van der Waals surface area contributed by atoms with Crippen molar-refractivity contribution in [1.82, 2.24) is 9.27 Å². The van der Waals surface area contributed by atoms with E-state index in [2.05, 4.69) is 11.8 Å². The van der Waals surface area contributed by atoms with Gasteiger partial charge in [-0.05, 0) is 71.0 Å². The molecule has 1 saturated heterocycles. The number of nitrogens with zero attached hydrogens (tertiary/aromatic N) is 2. The molecule has 35 heavy (non-hydrogen) atoms. The predicted molar refractivity (Wildman–Crippen MR) is 141 cm³/mol. The summed E-state index contributed by atoms with van der Waals surface area (Å²) < 4.78 is 25.6. The minimum atomic E-state index is -0.412. The maximum atomic E-state index is 15.2. The zero-order valence-corrected chi connectivity index (χ0v) is 21.0. The molecule has 4 nitrogen and oxygen atoms in total. The molecule has 0 radical (unpaired) electrons. The second kappa shape index (κ2) is 10.4. The molecule has 0 saturated carbocycles. The van der Waals surface area contributed by atoms with E-state index in [1.54, 1.807) is 18.2 Å². The molecule has 1 aliphatic rings. The van der Waals surface area contributed by atoms with Gasteiger partial charge in [0.25, 0.3) is 0 Å². The van der Waals surface area contributed by atoms with E-state index < -0.39 is 5.82 Å². The van der Waals surface area contributed by atoms with Gasteiger partial charge in [-0.2, -0.15) is 4.37 Å². The topological polar surface area (TPSA) is 45.6 Å². The van der Waals surface area contributed by atoms with E-state index in [4.69, 9.17) is 20.7 Å². The number of aromatic hydroxyl groups is 1. The van der Waals surface area contributed by atoms with Crippen molar-refractivity contribution in [2.24, 2.45) is 5.92 Å². The highest BCUT2D eigenvalue weighted by Gasteiger charge is 2.25. The fraction of sp³-hybridized carbons (Fsp3) is 0.250. The van der Waals surface area contributed by atoms with Gasteiger partial charge in [0.15, 0.2) is 11.6 Å². The van der Waals surface area contributed by atoms with E-state index in [1.165, 1.54) is 24.0 Å². The summed E-state index contributed by atoms with van der Waals surface area (Å²) in [6.45, 7) is 5.65. The highest BCUT2D eigenvalue weighted by molar-refractivity contribution is 7.10. The third kappa shape index (κ3) is 5.06. The lowest BCUT2D eigenvalue weighted by Gasteiger charge is -2.38. The van der Waals surface area contributed by atoms with Gasteiger partial charge in [0.1, 0.15) is 12.4 Å². The molecule has 0 aliphatic carbocycles. The van der Waals surface area contributed by atoms with Crippen LogP contribution in [0.5, 0.6) is 11.5 Å². The molecule has 0 amide bonds. The Morgan fingerprint density at radius 1 is 1.09 bits per heavy atom. The summed E-state index contributed by atoms with van der Waals surface area (Å²) in [6, 6.07) is 19.5. The van der Waals surface area contributed by atoms with Gasteiger partial charge in [0.05, 0.1) is 15.6 Å². The van der Waals surface area contributed by atoms with Crippen molar-refractivity contribution in [3.8, 4) is 44.3 Å². The van der Waals surface area contributed by atoms with Gasteiger partial charge in [0, 0.05) is 30.8 Å². The molecule has 4 aromatic rings. The molecule has 1 fully saturated rings. The van der Waals surface area contributed by atoms with Crippen LogP contribution in [0.4, 0.5) is 4.39 Å². The zero-order chi connectivity index (χ0) is 24.4. The van der Waals surface area contributed by atoms with Crippen LogP contribution in [-0.4, -0.2) is 40.6 Å². The molecule has 3 aromatic carbocycles. The number of phenols is 1. The van der Waals surface area contributed by atoms with Crippen LogP contribution in [0.2, 0.25) is 5.02 Å². The van der Waals surface area contributed by atoms with E-state index in [-0.39, 0.29) is 11.5 Å². The van der Waals surface area contributed by atoms with Crippen molar-refractivity contribution in [1.29, 1.82) is 0 Å². The molecule has 0 spiro atoms. The lowest BCUT2D eigenvalue weighted by molar-refractivity contribution is 0.0798. The molecule has 1 N–H and O–H groups in total. The molecule has 180 valence electrons. The Kier molecular flexibility index (Phi) is 7.04. The largest absolute Gasteiger partial charge is 0.508 e. The molecule has 5 rings (SSSR count). The van der Waals surface area contributed by atoms with E-state index >= 15 is 4.39 Å². The number of benzene rings is 3. The van der Waals surface area contributed by atoms with E-state index in [0.717, 1.165) is 47.1 Å². The average molecular weight is 509 g/mol. The van der Waals surface area contributed by atoms with Crippen LogP contribution in [0, 0.1) is 11.7 Å². The van der Waals surface area contributed by atoms with Gasteiger partial charge >= 0.3 is 0 Å².